The number of nitrogens with zero attached hydrogens (tertiary/aromatic N) is 1. The van der Waals surface area contributed by atoms with Crippen LogP contribution in [-0.4, -0.2) is 43.8 Å². The molecule has 2 unspecified atom stereocenters. The van der Waals surface area contributed by atoms with Gasteiger partial charge < -0.3 is 5.32 Å². The fraction of sp³-hybridized carbons (Fsp3) is 1.00. The van der Waals surface area contributed by atoms with Gasteiger partial charge in [-0.05, 0) is 50.9 Å². The third-order valence-electron chi connectivity index (χ3n) is 3.51. The Morgan fingerprint density at radius 3 is 2.07 bits per heavy atom. The summed E-state index contributed by atoms with van der Waals surface area (Å²) in [6.07, 6.45) is -2.22. The standard InChI is InChI=1S/C10H17F3N2/c11-10(12,13)7-15-3-1-8-5-14-6-9(8)2-4-15/h8-9,14H,1-7H2. The molecule has 15 heavy (non-hydrogen) atoms. The van der Waals surface area contributed by atoms with Crippen LogP contribution in [0, 0.1) is 11.8 Å². The van der Waals surface area contributed by atoms with E-state index < -0.39 is 12.7 Å². The minimum Gasteiger partial charge on any atom is -0.316 e. The van der Waals surface area contributed by atoms with Crippen LogP contribution in [0.5, 0.6) is 0 Å². The maximum Gasteiger partial charge on any atom is 0.401 e. The Bertz CT molecular complexity index is 203. The van der Waals surface area contributed by atoms with Crippen molar-refractivity contribution in [3.8, 4) is 0 Å². The van der Waals surface area contributed by atoms with Gasteiger partial charge in [0.15, 0.2) is 0 Å². The predicted molar refractivity (Wildman–Crippen MR) is 51.6 cm³/mol. The van der Waals surface area contributed by atoms with Gasteiger partial charge in [-0.2, -0.15) is 13.2 Å². The Kier molecular flexibility index (Phi) is 3.21. The molecule has 0 aromatic heterocycles. The number of rotatable bonds is 1. The lowest BCUT2D eigenvalue weighted by Crippen LogP contribution is -2.35. The summed E-state index contributed by atoms with van der Waals surface area (Å²) < 4.78 is 36.6. The zero-order chi connectivity index (χ0) is 10.9. The molecule has 2 atom stereocenters. The van der Waals surface area contributed by atoms with E-state index in [1.807, 2.05) is 0 Å². The summed E-state index contributed by atoms with van der Waals surface area (Å²) in [5, 5.41) is 3.31. The monoisotopic (exact) mass is 222 g/mol. The summed E-state index contributed by atoms with van der Waals surface area (Å²) in [5.74, 6) is 1.20. The SMILES string of the molecule is FC(F)(F)CN1CCC2CNCC2CC1. The molecular weight excluding hydrogens is 205 g/mol. The third-order valence-corrected chi connectivity index (χ3v) is 3.51. The number of likely N-dealkylation sites (tertiary alicyclic amines) is 1. The molecule has 2 fully saturated rings. The molecule has 5 heteroatoms. The topological polar surface area (TPSA) is 15.3 Å². The van der Waals surface area contributed by atoms with Crippen molar-refractivity contribution in [2.75, 3.05) is 32.7 Å². The molecule has 1 N–H and O–H groups in total. The molecule has 0 radical (unpaired) electrons. The normalized spacial score (nSPS) is 33.8. The lowest BCUT2D eigenvalue weighted by molar-refractivity contribution is -0.145. The highest BCUT2D eigenvalue weighted by molar-refractivity contribution is 4.85. The average molecular weight is 222 g/mol. The Morgan fingerprint density at radius 2 is 1.60 bits per heavy atom. The summed E-state index contributed by atoms with van der Waals surface area (Å²) >= 11 is 0. The second-order valence-electron chi connectivity index (χ2n) is 4.65. The van der Waals surface area contributed by atoms with E-state index >= 15 is 0 Å². The Morgan fingerprint density at radius 1 is 1.07 bits per heavy atom. The van der Waals surface area contributed by atoms with Gasteiger partial charge in [0.25, 0.3) is 0 Å². The van der Waals surface area contributed by atoms with Crippen molar-refractivity contribution in [3.05, 3.63) is 0 Å². The average Bonchev–Trinajstić information content (AvgIpc) is 2.48. The molecule has 2 aliphatic heterocycles. The maximum absolute atomic E-state index is 12.2. The first-order chi connectivity index (χ1) is 7.04. The van der Waals surface area contributed by atoms with Gasteiger partial charge in [-0.15, -0.1) is 0 Å². The molecule has 0 aliphatic carbocycles. The van der Waals surface area contributed by atoms with Crippen LogP contribution in [0.3, 0.4) is 0 Å². The van der Waals surface area contributed by atoms with Crippen LogP contribution >= 0.6 is 0 Å². The van der Waals surface area contributed by atoms with Crippen LogP contribution in [0.15, 0.2) is 0 Å². The van der Waals surface area contributed by atoms with Crippen molar-refractivity contribution >= 4 is 0 Å². The Balaban J connectivity index is 1.85. The van der Waals surface area contributed by atoms with Crippen LogP contribution in [0.1, 0.15) is 12.8 Å². The number of nitrogens with one attached hydrogen (secondary N) is 1. The molecule has 0 aromatic rings. The summed E-state index contributed by atoms with van der Waals surface area (Å²) in [4.78, 5) is 1.55. The quantitative estimate of drug-likeness (QED) is 0.723. The molecule has 0 spiro atoms. The largest absolute Gasteiger partial charge is 0.401 e. The Hall–Kier alpha value is -0.290. The van der Waals surface area contributed by atoms with Crippen LogP contribution in [0.2, 0.25) is 0 Å². The van der Waals surface area contributed by atoms with E-state index in [0.717, 1.165) is 25.9 Å². The van der Waals surface area contributed by atoms with E-state index in [1.165, 1.54) is 0 Å². The van der Waals surface area contributed by atoms with E-state index in [-0.39, 0.29) is 0 Å². The van der Waals surface area contributed by atoms with Gasteiger partial charge in [0.2, 0.25) is 0 Å². The smallest absolute Gasteiger partial charge is 0.316 e. The van der Waals surface area contributed by atoms with Crippen LogP contribution in [0.4, 0.5) is 13.2 Å². The van der Waals surface area contributed by atoms with Gasteiger partial charge in [0.1, 0.15) is 0 Å². The van der Waals surface area contributed by atoms with Crippen molar-refractivity contribution in [1.82, 2.24) is 10.2 Å². The summed E-state index contributed by atoms with van der Waals surface area (Å²) in [6.45, 7) is 2.44. The fourth-order valence-electron chi connectivity index (χ4n) is 2.68. The highest BCUT2D eigenvalue weighted by Gasteiger charge is 2.35. The van der Waals surface area contributed by atoms with Crippen molar-refractivity contribution in [3.63, 3.8) is 0 Å². The summed E-state index contributed by atoms with van der Waals surface area (Å²) in [5.41, 5.74) is 0. The molecule has 0 saturated carbocycles. The van der Waals surface area contributed by atoms with Crippen molar-refractivity contribution in [2.24, 2.45) is 11.8 Å². The minimum atomic E-state index is -4.04. The van der Waals surface area contributed by atoms with Gasteiger partial charge >= 0.3 is 6.18 Å². The fourth-order valence-corrected chi connectivity index (χ4v) is 2.68. The molecule has 88 valence electrons. The number of fused-ring (bicyclic) bond motifs is 1. The predicted octanol–water partition coefficient (Wildman–Crippen LogP) is 1.48. The lowest BCUT2D eigenvalue weighted by Gasteiger charge is -2.21. The number of halogens is 3. The molecule has 0 amide bonds. The number of hydrogen-bond acceptors (Lipinski definition) is 2. The van der Waals surface area contributed by atoms with Crippen LogP contribution in [-0.2, 0) is 0 Å². The maximum atomic E-state index is 12.2. The zero-order valence-electron chi connectivity index (χ0n) is 8.69. The molecule has 2 aliphatic rings. The summed E-state index contributed by atoms with van der Waals surface area (Å²) in [6, 6.07) is 0. The van der Waals surface area contributed by atoms with E-state index in [4.69, 9.17) is 0 Å². The number of alkyl halides is 3. The first kappa shape index (κ1) is 11.2. The molecule has 0 aromatic carbocycles. The number of hydrogen-bond donors (Lipinski definition) is 1. The highest BCUT2D eigenvalue weighted by atomic mass is 19.4. The molecular formula is C10H17F3N2. The third kappa shape index (κ3) is 3.08. The van der Waals surface area contributed by atoms with Crippen molar-refractivity contribution < 1.29 is 13.2 Å². The van der Waals surface area contributed by atoms with E-state index in [9.17, 15) is 13.2 Å². The minimum absolute atomic E-state index is 0.600. The van der Waals surface area contributed by atoms with Crippen molar-refractivity contribution in [1.29, 1.82) is 0 Å². The second-order valence-corrected chi connectivity index (χ2v) is 4.65. The highest BCUT2D eigenvalue weighted by Crippen LogP contribution is 2.28. The first-order valence-corrected chi connectivity index (χ1v) is 5.54. The molecule has 2 rings (SSSR count). The summed E-state index contributed by atoms with van der Waals surface area (Å²) in [7, 11) is 0. The van der Waals surface area contributed by atoms with E-state index in [1.54, 1.807) is 4.90 Å². The Labute approximate surface area is 87.8 Å². The van der Waals surface area contributed by atoms with Gasteiger partial charge in [-0.3, -0.25) is 4.90 Å². The molecule has 2 heterocycles. The van der Waals surface area contributed by atoms with Crippen LogP contribution < -0.4 is 5.32 Å². The molecule has 0 bridgehead atoms. The van der Waals surface area contributed by atoms with Gasteiger partial charge in [0.05, 0.1) is 6.54 Å². The van der Waals surface area contributed by atoms with E-state index in [2.05, 4.69) is 5.32 Å². The van der Waals surface area contributed by atoms with E-state index in [0.29, 0.717) is 24.9 Å². The second kappa shape index (κ2) is 4.29. The lowest BCUT2D eigenvalue weighted by atomic mass is 9.92. The zero-order valence-corrected chi connectivity index (χ0v) is 8.69. The molecule has 2 nitrogen and oxygen atoms in total. The van der Waals surface area contributed by atoms with Gasteiger partial charge in [0, 0.05) is 0 Å². The molecule has 2 saturated heterocycles. The van der Waals surface area contributed by atoms with Gasteiger partial charge in [-0.1, -0.05) is 0 Å². The van der Waals surface area contributed by atoms with Gasteiger partial charge in [-0.25, -0.2) is 0 Å². The first-order valence-electron chi connectivity index (χ1n) is 5.54. The van der Waals surface area contributed by atoms with Crippen LogP contribution in [0.25, 0.3) is 0 Å². The van der Waals surface area contributed by atoms with Crippen molar-refractivity contribution in [2.45, 2.75) is 19.0 Å².